The van der Waals surface area contributed by atoms with Crippen molar-refractivity contribution in [2.45, 2.75) is 24.3 Å². The van der Waals surface area contributed by atoms with Crippen molar-refractivity contribution in [3.8, 4) is 0 Å². The second-order valence-electron chi connectivity index (χ2n) is 6.81. The Bertz CT molecular complexity index is 664. The van der Waals surface area contributed by atoms with E-state index < -0.39 is 5.41 Å². The summed E-state index contributed by atoms with van der Waals surface area (Å²) in [6, 6.07) is 12.4. The zero-order chi connectivity index (χ0) is 17.7. The van der Waals surface area contributed by atoms with Crippen molar-refractivity contribution in [1.82, 2.24) is 10.2 Å². The summed E-state index contributed by atoms with van der Waals surface area (Å²) in [5.41, 5.74) is 1.86. The second kappa shape index (κ2) is 8.13. The van der Waals surface area contributed by atoms with Gasteiger partial charge in [-0.1, -0.05) is 30.3 Å². The lowest BCUT2D eigenvalue weighted by molar-refractivity contribution is -0.130. The number of nitrogens with one attached hydrogen (secondary N) is 1. The van der Waals surface area contributed by atoms with Gasteiger partial charge in [0.1, 0.15) is 0 Å². The van der Waals surface area contributed by atoms with E-state index in [0.29, 0.717) is 19.8 Å². The van der Waals surface area contributed by atoms with Gasteiger partial charge in [-0.15, -0.1) is 0 Å². The van der Waals surface area contributed by atoms with E-state index in [0.717, 1.165) is 18.4 Å². The molecule has 0 saturated carbocycles. The lowest BCUT2D eigenvalue weighted by Crippen LogP contribution is -2.49. The first-order valence-electron chi connectivity index (χ1n) is 8.73. The number of nitrogens with zero attached hydrogens (tertiary/aromatic N) is 1. The van der Waals surface area contributed by atoms with Crippen molar-refractivity contribution in [1.29, 1.82) is 0 Å². The monoisotopic (exact) mass is 358 g/mol. The van der Waals surface area contributed by atoms with Gasteiger partial charge in [0.05, 0.1) is 11.5 Å². The van der Waals surface area contributed by atoms with Gasteiger partial charge < -0.3 is 15.0 Å². The minimum Gasteiger partial charge on any atom is -0.381 e. The van der Waals surface area contributed by atoms with Crippen LogP contribution >= 0.6 is 11.3 Å². The minimum atomic E-state index is -0.481. The largest absolute Gasteiger partial charge is 0.381 e. The first kappa shape index (κ1) is 18.1. The molecule has 2 heterocycles. The van der Waals surface area contributed by atoms with Crippen molar-refractivity contribution in [3.05, 3.63) is 58.3 Å². The summed E-state index contributed by atoms with van der Waals surface area (Å²) in [4.78, 5) is 15.4. The molecular weight excluding hydrogens is 332 g/mol. The molecule has 1 saturated heterocycles. The first-order chi connectivity index (χ1) is 12.1. The summed E-state index contributed by atoms with van der Waals surface area (Å²) in [5, 5.41) is 7.46. The first-order valence-corrected chi connectivity index (χ1v) is 9.68. The molecule has 4 nitrogen and oxygen atoms in total. The summed E-state index contributed by atoms with van der Waals surface area (Å²) in [6.07, 6.45) is 1.46. The van der Waals surface area contributed by atoms with Crippen LogP contribution < -0.4 is 5.32 Å². The third-order valence-electron chi connectivity index (χ3n) is 5.11. The van der Waals surface area contributed by atoms with E-state index >= 15 is 0 Å². The van der Waals surface area contributed by atoms with Gasteiger partial charge in [-0.2, -0.15) is 11.3 Å². The van der Waals surface area contributed by atoms with E-state index in [2.05, 4.69) is 53.3 Å². The van der Waals surface area contributed by atoms with E-state index in [1.165, 1.54) is 5.56 Å². The zero-order valence-electron chi connectivity index (χ0n) is 14.9. The summed E-state index contributed by atoms with van der Waals surface area (Å²) < 4.78 is 5.53. The molecule has 5 heteroatoms. The van der Waals surface area contributed by atoms with Crippen LogP contribution in [-0.2, 0) is 14.9 Å². The molecule has 2 aromatic rings. The van der Waals surface area contributed by atoms with Gasteiger partial charge in [-0.3, -0.25) is 4.79 Å². The van der Waals surface area contributed by atoms with Gasteiger partial charge in [0.2, 0.25) is 5.91 Å². The molecule has 1 fully saturated rings. The molecule has 1 aromatic carbocycles. The van der Waals surface area contributed by atoms with Crippen molar-refractivity contribution < 1.29 is 9.53 Å². The smallest absolute Gasteiger partial charge is 0.230 e. The molecule has 0 spiro atoms. The number of carbonyl (C=O) groups is 1. The van der Waals surface area contributed by atoms with E-state index in [1.54, 1.807) is 11.3 Å². The topological polar surface area (TPSA) is 41.6 Å². The average molecular weight is 359 g/mol. The van der Waals surface area contributed by atoms with Crippen LogP contribution in [0.5, 0.6) is 0 Å². The van der Waals surface area contributed by atoms with E-state index in [1.807, 2.05) is 18.2 Å². The van der Waals surface area contributed by atoms with Gasteiger partial charge in [-0.25, -0.2) is 0 Å². The number of ether oxygens (including phenoxy) is 1. The molecule has 3 rings (SSSR count). The quantitative estimate of drug-likeness (QED) is 0.862. The van der Waals surface area contributed by atoms with E-state index in [9.17, 15) is 4.79 Å². The average Bonchev–Trinajstić information content (AvgIpc) is 3.17. The third kappa shape index (κ3) is 3.94. The fraction of sp³-hybridized carbons (Fsp3) is 0.450. The standard InChI is InChI=1S/C20H26N2O2S/c1-22(2)18(16-8-13-25-15-16)14-21-19(23)20(9-11-24-12-10-20)17-6-4-3-5-7-17/h3-8,13,15,18H,9-12,14H2,1-2H3,(H,21,23)/t18-/m1/s1. The Morgan fingerprint density at radius 2 is 1.96 bits per heavy atom. The number of rotatable bonds is 6. The molecule has 1 amide bonds. The number of likely N-dealkylation sites (N-methyl/N-ethyl adjacent to an activating group) is 1. The van der Waals surface area contributed by atoms with Gasteiger partial charge in [0, 0.05) is 19.8 Å². The molecule has 0 unspecified atom stereocenters. The summed E-state index contributed by atoms with van der Waals surface area (Å²) in [7, 11) is 4.10. The predicted molar refractivity (Wildman–Crippen MR) is 102 cm³/mol. The Kier molecular flexibility index (Phi) is 5.89. The fourth-order valence-electron chi connectivity index (χ4n) is 3.55. The van der Waals surface area contributed by atoms with Gasteiger partial charge in [0.25, 0.3) is 0 Å². The van der Waals surface area contributed by atoms with Crippen LogP contribution in [0.15, 0.2) is 47.2 Å². The summed E-state index contributed by atoms with van der Waals surface area (Å²) in [5.74, 6) is 0.115. The van der Waals surface area contributed by atoms with Crippen LogP contribution in [0.4, 0.5) is 0 Å². The molecule has 1 aromatic heterocycles. The summed E-state index contributed by atoms with van der Waals surface area (Å²) in [6.45, 7) is 1.87. The van der Waals surface area contributed by atoms with E-state index in [4.69, 9.17) is 4.74 Å². The normalized spacial score (nSPS) is 18.0. The van der Waals surface area contributed by atoms with Gasteiger partial charge in [-0.05, 0) is 54.9 Å². The van der Waals surface area contributed by atoms with Crippen LogP contribution in [0, 0.1) is 0 Å². The molecule has 1 N–H and O–H groups in total. The molecule has 0 radical (unpaired) electrons. The predicted octanol–water partition coefficient (Wildman–Crippen LogP) is 3.22. The maximum Gasteiger partial charge on any atom is 0.230 e. The van der Waals surface area contributed by atoms with Crippen LogP contribution in [0.2, 0.25) is 0 Å². The van der Waals surface area contributed by atoms with Crippen LogP contribution in [0.1, 0.15) is 30.0 Å². The Balaban J connectivity index is 1.77. The number of benzene rings is 1. The molecule has 25 heavy (non-hydrogen) atoms. The third-order valence-corrected chi connectivity index (χ3v) is 5.82. The van der Waals surface area contributed by atoms with Crippen LogP contribution in [0.3, 0.4) is 0 Å². The number of carbonyl (C=O) groups excluding carboxylic acids is 1. The van der Waals surface area contributed by atoms with E-state index in [-0.39, 0.29) is 11.9 Å². The molecule has 1 aliphatic rings. The highest BCUT2D eigenvalue weighted by atomic mass is 32.1. The number of thiophene rings is 1. The van der Waals surface area contributed by atoms with Crippen molar-refractivity contribution >= 4 is 17.2 Å². The SMILES string of the molecule is CN(C)[C@H](CNC(=O)C1(c2ccccc2)CCOCC1)c1ccsc1. The maximum atomic E-state index is 13.2. The minimum absolute atomic E-state index is 0.115. The highest BCUT2D eigenvalue weighted by Crippen LogP contribution is 2.35. The molecule has 0 aliphatic carbocycles. The summed E-state index contributed by atoms with van der Waals surface area (Å²) >= 11 is 1.69. The Morgan fingerprint density at radius 3 is 2.56 bits per heavy atom. The fourth-order valence-corrected chi connectivity index (χ4v) is 4.25. The lowest BCUT2D eigenvalue weighted by atomic mass is 9.73. The van der Waals surface area contributed by atoms with Crippen LogP contribution in [-0.4, -0.2) is 44.7 Å². The Hall–Kier alpha value is -1.69. The lowest BCUT2D eigenvalue weighted by Gasteiger charge is -2.37. The highest BCUT2D eigenvalue weighted by molar-refractivity contribution is 7.07. The molecule has 134 valence electrons. The number of amides is 1. The van der Waals surface area contributed by atoms with Crippen molar-refractivity contribution in [3.63, 3.8) is 0 Å². The van der Waals surface area contributed by atoms with Gasteiger partial charge >= 0.3 is 0 Å². The van der Waals surface area contributed by atoms with Crippen molar-refractivity contribution in [2.75, 3.05) is 33.9 Å². The molecular formula is C20H26N2O2S. The zero-order valence-corrected chi connectivity index (χ0v) is 15.7. The Labute approximate surface area is 153 Å². The molecule has 0 bridgehead atoms. The highest BCUT2D eigenvalue weighted by Gasteiger charge is 2.41. The van der Waals surface area contributed by atoms with Crippen molar-refractivity contribution in [2.24, 2.45) is 0 Å². The molecule has 1 atom stereocenters. The molecule has 1 aliphatic heterocycles. The number of hydrogen-bond acceptors (Lipinski definition) is 4. The van der Waals surface area contributed by atoms with Gasteiger partial charge in [0.15, 0.2) is 0 Å². The van der Waals surface area contributed by atoms with Crippen LogP contribution in [0.25, 0.3) is 0 Å². The second-order valence-corrected chi connectivity index (χ2v) is 7.59. The number of hydrogen-bond donors (Lipinski definition) is 1. The maximum absolute atomic E-state index is 13.2. The Morgan fingerprint density at radius 1 is 1.24 bits per heavy atom.